The molecule has 1 aromatic heterocycles. The van der Waals surface area contributed by atoms with E-state index in [-0.39, 0.29) is 0 Å². The molecular weight excluding hydrogens is 190 g/mol. The third-order valence-corrected chi connectivity index (χ3v) is 2.47. The number of rotatable bonds is 5. The molecule has 1 atom stereocenters. The number of hydrogen-bond donors (Lipinski definition) is 1. The smallest absolute Gasteiger partial charge is 0.122 e. The SMILES string of the molecule is COc1ccnc(CC(CN)N(C)C)c1. The second kappa shape index (κ2) is 5.68. The summed E-state index contributed by atoms with van der Waals surface area (Å²) in [6.45, 7) is 0.631. The standard InChI is InChI=1S/C11H19N3O/c1-14(2)10(8-12)6-9-7-11(15-3)4-5-13-9/h4-5,7,10H,6,8,12H2,1-3H3. The topological polar surface area (TPSA) is 51.4 Å². The lowest BCUT2D eigenvalue weighted by Crippen LogP contribution is -2.37. The molecule has 0 radical (unpaired) electrons. The van der Waals surface area contributed by atoms with Gasteiger partial charge in [0.05, 0.1) is 7.11 Å². The molecule has 0 amide bonds. The van der Waals surface area contributed by atoms with Crippen molar-refractivity contribution >= 4 is 0 Å². The van der Waals surface area contributed by atoms with Crippen molar-refractivity contribution in [1.82, 2.24) is 9.88 Å². The third kappa shape index (κ3) is 3.49. The van der Waals surface area contributed by atoms with E-state index in [0.29, 0.717) is 12.6 Å². The highest BCUT2D eigenvalue weighted by molar-refractivity contribution is 5.22. The lowest BCUT2D eigenvalue weighted by molar-refractivity contribution is 0.296. The average Bonchev–Trinajstić information content (AvgIpc) is 2.25. The molecule has 0 aromatic carbocycles. The predicted octanol–water partition coefficient (Wildman–Crippen LogP) is 0.522. The first kappa shape index (κ1) is 11.9. The van der Waals surface area contributed by atoms with Crippen molar-refractivity contribution in [3.63, 3.8) is 0 Å². The zero-order valence-corrected chi connectivity index (χ0v) is 9.60. The Hall–Kier alpha value is -1.13. The van der Waals surface area contributed by atoms with Crippen LogP contribution in [0.5, 0.6) is 5.75 Å². The third-order valence-electron chi connectivity index (χ3n) is 2.47. The molecule has 0 fully saturated rings. The van der Waals surface area contributed by atoms with Gasteiger partial charge < -0.3 is 15.4 Å². The molecule has 4 nitrogen and oxygen atoms in total. The Balaban J connectivity index is 2.70. The maximum Gasteiger partial charge on any atom is 0.122 e. The van der Waals surface area contributed by atoms with Crippen LogP contribution >= 0.6 is 0 Å². The molecule has 0 saturated carbocycles. The summed E-state index contributed by atoms with van der Waals surface area (Å²) in [4.78, 5) is 6.41. The van der Waals surface area contributed by atoms with Crippen molar-refractivity contribution < 1.29 is 4.74 Å². The van der Waals surface area contributed by atoms with Crippen molar-refractivity contribution in [2.75, 3.05) is 27.7 Å². The summed E-state index contributed by atoms with van der Waals surface area (Å²) in [7, 11) is 5.71. The van der Waals surface area contributed by atoms with E-state index in [1.54, 1.807) is 13.3 Å². The summed E-state index contributed by atoms with van der Waals surface area (Å²) in [5.41, 5.74) is 6.70. The highest BCUT2D eigenvalue weighted by atomic mass is 16.5. The Morgan fingerprint density at radius 1 is 1.53 bits per heavy atom. The van der Waals surface area contributed by atoms with E-state index in [1.807, 2.05) is 26.2 Å². The monoisotopic (exact) mass is 209 g/mol. The van der Waals surface area contributed by atoms with Crippen LogP contribution in [0.4, 0.5) is 0 Å². The number of pyridine rings is 1. The molecule has 0 aliphatic heterocycles. The first-order chi connectivity index (χ1) is 7.17. The highest BCUT2D eigenvalue weighted by Crippen LogP contribution is 2.12. The van der Waals surface area contributed by atoms with Crippen LogP contribution in [0, 0.1) is 0 Å². The summed E-state index contributed by atoms with van der Waals surface area (Å²) in [6, 6.07) is 4.12. The molecule has 1 rings (SSSR count). The minimum Gasteiger partial charge on any atom is -0.497 e. The van der Waals surface area contributed by atoms with Crippen LogP contribution in [0.25, 0.3) is 0 Å². The van der Waals surface area contributed by atoms with E-state index in [4.69, 9.17) is 10.5 Å². The quantitative estimate of drug-likeness (QED) is 0.768. The molecule has 0 spiro atoms. The lowest BCUT2D eigenvalue weighted by Gasteiger charge is -2.22. The van der Waals surface area contributed by atoms with Crippen LogP contribution in [-0.4, -0.2) is 43.7 Å². The van der Waals surface area contributed by atoms with Crippen LogP contribution < -0.4 is 10.5 Å². The van der Waals surface area contributed by atoms with Gasteiger partial charge in [-0.3, -0.25) is 4.98 Å². The number of nitrogens with zero attached hydrogens (tertiary/aromatic N) is 2. The summed E-state index contributed by atoms with van der Waals surface area (Å²) in [6.07, 6.45) is 2.61. The molecule has 0 saturated heterocycles. The Morgan fingerprint density at radius 3 is 2.80 bits per heavy atom. The summed E-state index contributed by atoms with van der Waals surface area (Å²) in [5.74, 6) is 0.842. The summed E-state index contributed by atoms with van der Waals surface area (Å²) >= 11 is 0. The fraction of sp³-hybridized carbons (Fsp3) is 0.545. The number of hydrogen-bond acceptors (Lipinski definition) is 4. The minimum absolute atomic E-state index is 0.324. The Bertz CT molecular complexity index is 302. The molecule has 0 aliphatic carbocycles. The van der Waals surface area contributed by atoms with Crippen molar-refractivity contribution in [2.45, 2.75) is 12.5 Å². The summed E-state index contributed by atoms with van der Waals surface area (Å²) in [5, 5.41) is 0. The number of methoxy groups -OCH3 is 1. The fourth-order valence-corrected chi connectivity index (χ4v) is 1.41. The first-order valence-electron chi connectivity index (χ1n) is 5.02. The Kier molecular flexibility index (Phi) is 4.52. The van der Waals surface area contributed by atoms with E-state index in [1.165, 1.54) is 0 Å². The minimum atomic E-state index is 0.324. The molecule has 84 valence electrons. The first-order valence-corrected chi connectivity index (χ1v) is 5.02. The number of aromatic nitrogens is 1. The molecule has 0 bridgehead atoms. The molecule has 2 N–H and O–H groups in total. The Labute approximate surface area is 91.1 Å². The average molecular weight is 209 g/mol. The fourth-order valence-electron chi connectivity index (χ4n) is 1.41. The molecule has 1 heterocycles. The van der Waals surface area contributed by atoms with E-state index in [0.717, 1.165) is 17.9 Å². The van der Waals surface area contributed by atoms with E-state index in [9.17, 15) is 0 Å². The maximum atomic E-state index is 5.69. The van der Waals surface area contributed by atoms with Crippen LogP contribution in [0.15, 0.2) is 18.3 Å². The second-order valence-electron chi connectivity index (χ2n) is 3.74. The number of ether oxygens (including phenoxy) is 1. The largest absolute Gasteiger partial charge is 0.497 e. The van der Waals surface area contributed by atoms with Gasteiger partial charge in [-0.25, -0.2) is 0 Å². The van der Waals surface area contributed by atoms with Gasteiger partial charge in [-0.2, -0.15) is 0 Å². The normalized spacial score (nSPS) is 12.9. The second-order valence-corrected chi connectivity index (χ2v) is 3.74. The lowest BCUT2D eigenvalue weighted by atomic mass is 10.1. The van der Waals surface area contributed by atoms with Gasteiger partial charge in [0.25, 0.3) is 0 Å². The van der Waals surface area contributed by atoms with Gasteiger partial charge in [0, 0.05) is 37.0 Å². The van der Waals surface area contributed by atoms with Gasteiger partial charge in [0.15, 0.2) is 0 Å². The summed E-state index contributed by atoms with van der Waals surface area (Å²) < 4.78 is 5.15. The van der Waals surface area contributed by atoms with Crippen molar-refractivity contribution in [1.29, 1.82) is 0 Å². The van der Waals surface area contributed by atoms with Crippen LogP contribution in [0.2, 0.25) is 0 Å². The number of nitrogens with two attached hydrogens (primary N) is 1. The number of likely N-dealkylation sites (N-methyl/N-ethyl adjacent to an activating group) is 1. The van der Waals surface area contributed by atoms with Gasteiger partial charge in [0.2, 0.25) is 0 Å². The van der Waals surface area contributed by atoms with Crippen molar-refractivity contribution in [3.05, 3.63) is 24.0 Å². The molecule has 1 aromatic rings. The van der Waals surface area contributed by atoms with Crippen molar-refractivity contribution in [3.8, 4) is 5.75 Å². The van der Waals surface area contributed by atoms with Gasteiger partial charge in [-0.05, 0) is 20.2 Å². The zero-order valence-electron chi connectivity index (χ0n) is 9.60. The maximum absolute atomic E-state index is 5.69. The molecular formula is C11H19N3O. The van der Waals surface area contributed by atoms with Crippen LogP contribution in [0.3, 0.4) is 0 Å². The molecule has 4 heteroatoms. The van der Waals surface area contributed by atoms with Gasteiger partial charge in [-0.15, -0.1) is 0 Å². The van der Waals surface area contributed by atoms with Crippen molar-refractivity contribution in [2.24, 2.45) is 5.73 Å². The van der Waals surface area contributed by atoms with E-state index >= 15 is 0 Å². The Morgan fingerprint density at radius 2 is 2.27 bits per heavy atom. The van der Waals surface area contributed by atoms with Crippen LogP contribution in [-0.2, 0) is 6.42 Å². The van der Waals surface area contributed by atoms with Gasteiger partial charge >= 0.3 is 0 Å². The highest BCUT2D eigenvalue weighted by Gasteiger charge is 2.11. The molecule has 15 heavy (non-hydrogen) atoms. The molecule has 0 aliphatic rings. The van der Waals surface area contributed by atoms with Gasteiger partial charge in [0.1, 0.15) is 5.75 Å². The van der Waals surface area contributed by atoms with Crippen LogP contribution in [0.1, 0.15) is 5.69 Å². The zero-order chi connectivity index (χ0) is 11.3. The van der Waals surface area contributed by atoms with Gasteiger partial charge in [-0.1, -0.05) is 0 Å². The predicted molar refractivity (Wildman–Crippen MR) is 61.0 cm³/mol. The van der Waals surface area contributed by atoms with E-state index < -0.39 is 0 Å². The van der Waals surface area contributed by atoms with E-state index in [2.05, 4.69) is 9.88 Å². The molecule has 1 unspecified atom stereocenters.